The van der Waals surface area contributed by atoms with Gasteiger partial charge in [-0.15, -0.1) is 0 Å². The van der Waals surface area contributed by atoms with Crippen molar-refractivity contribution < 1.29 is 13.9 Å². The quantitative estimate of drug-likeness (QED) is 0.872. The molecule has 1 N–H and O–H groups in total. The number of carbonyl (C=O) groups is 1. The molecule has 1 fully saturated rings. The van der Waals surface area contributed by atoms with Crippen LogP contribution in [0.25, 0.3) is 0 Å². The first-order valence-electron chi connectivity index (χ1n) is 9.83. The molecule has 1 atom stereocenters. The maximum Gasteiger partial charge on any atom is 0.223 e. The minimum atomic E-state index is -0.245. The number of likely N-dealkylation sites (tertiary alicyclic amines) is 1. The summed E-state index contributed by atoms with van der Waals surface area (Å²) in [4.78, 5) is 24.0. The second kappa shape index (κ2) is 7.20. The molecule has 4 rings (SSSR count). The van der Waals surface area contributed by atoms with E-state index in [2.05, 4.69) is 31.1 Å². The van der Waals surface area contributed by atoms with Gasteiger partial charge in [0.05, 0.1) is 37.1 Å². The van der Waals surface area contributed by atoms with Crippen LogP contribution in [0.2, 0.25) is 0 Å². The van der Waals surface area contributed by atoms with Crippen molar-refractivity contribution in [1.82, 2.24) is 14.9 Å². The number of furan rings is 1. The number of nitrogens with zero attached hydrogens (tertiary/aromatic N) is 3. The minimum Gasteiger partial charge on any atom is -0.467 e. The van der Waals surface area contributed by atoms with E-state index in [1.54, 1.807) is 6.26 Å². The Balaban J connectivity index is 1.52. The van der Waals surface area contributed by atoms with Crippen LogP contribution in [0.1, 0.15) is 50.6 Å². The Bertz CT molecular complexity index is 844. The van der Waals surface area contributed by atoms with Gasteiger partial charge in [-0.25, -0.2) is 9.97 Å². The van der Waals surface area contributed by atoms with Gasteiger partial charge in [0.2, 0.25) is 11.9 Å². The average molecular weight is 384 g/mol. The van der Waals surface area contributed by atoms with Gasteiger partial charge in [-0.3, -0.25) is 4.79 Å². The summed E-state index contributed by atoms with van der Waals surface area (Å²) in [5.41, 5.74) is 1.77. The van der Waals surface area contributed by atoms with Crippen molar-refractivity contribution in [3.05, 3.63) is 41.6 Å². The number of fused-ring (bicyclic) bond motifs is 2. The van der Waals surface area contributed by atoms with Crippen molar-refractivity contribution in [2.24, 2.45) is 5.41 Å². The van der Waals surface area contributed by atoms with Crippen LogP contribution in [0.3, 0.4) is 0 Å². The summed E-state index contributed by atoms with van der Waals surface area (Å²) >= 11 is 0. The maximum absolute atomic E-state index is 12.7. The number of anilines is 1. The van der Waals surface area contributed by atoms with Crippen LogP contribution >= 0.6 is 0 Å². The number of carbonyl (C=O) groups excluding carboxylic acids is 1. The lowest BCUT2D eigenvalue weighted by Gasteiger charge is -2.34. The molecule has 0 bridgehead atoms. The van der Waals surface area contributed by atoms with Crippen LogP contribution in [0.4, 0.5) is 5.95 Å². The molecule has 1 spiro atoms. The van der Waals surface area contributed by atoms with Gasteiger partial charge in [0.1, 0.15) is 5.76 Å². The Morgan fingerprint density at radius 3 is 3.00 bits per heavy atom. The summed E-state index contributed by atoms with van der Waals surface area (Å²) < 4.78 is 11.2. The first kappa shape index (κ1) is 18.9. The van der Waals surface area contributed by atoms with Crippen LogP contribution in [-0.4, -0.2) is 40.5 Å². The van der Waals surface area contributed by atoms with Gasteiger partial charge in [0.15, 0.2) is 0 Å². The van der Waals surface area contributed by atoms with Crippen molar-refractivity contribution in [1.29, 1.82) is 0 Å². The molecule has 0 unspecified atom stereocenters. The lowest BCUT2D eigenvalue weighted by Crippen LogP contribution is -2.42. The van der Waals surface area contributed by atoms with E-state index in [9.17, 15) is 4.79 Å². The number of aromatic nitrogens is 2. The highest BCUT2D eigenvalue weighted by atomic mass is 16.5. The molecule has 0 radical (unpaired) electrons. The third-order valence-electron chi connectivity index (χ3n) is 5.39. The second-order valence-electron chi connectivity index (χ2n) is 9.08. The largest absolute Gasteiger partial charge is 0.467 e. The normalized spacial score (nSPS) is 21.8. The van der Waals surface area contributed by atoms with Gasteiger partial charge in [0, 0.05) is 31.3 Å². The van der Waals surface area contributed by atoms with Crippen molar-refractivity contribution in [2.45, 2.75) is 52.2 Å². The zero-order valence-corrected chi connectivity index (χ0v) is 16.8. The third-order valence-corrected chi connectivity index (χ3v) is 5.39. The fourth-order valence-corrected chi connectivity index (χ4v) is 4.02. The molecule has 0 aliphatic carbocycles. The molecule has 1 amide bonds. The van der Waals surface area contributed by atoms with Gasteiger partial charge in [0.25, 0.3) is 0 Å². The Labute approximate surface area is 165 Å². The summed E-state index contributed by atoms with van der Waals surface area (Å²) in [5.74, 6) is 1.62. The summed E-state index contributed by atoms with van der Waals surface area (Å²) in [7, 11) is 0. The molecule has 0 saturated carbocycles. The highest BCUT2D eigenvalue weighted by Crippen LogP contribution is 2.40. The standard InChI is InChI=1S/C21H28N4O3/c1-20(2,3)9-17(26)25-7-6-21(13-25)14-27-12-15-10-22-19(24-18(15)21)23-11-16-5-4-8-28-16/h4-5,8,10H,6-7,9,11-14H2,1-3H3,(H,22,23,24)/t21-/m0/s1. The monoisotopic (exact) mass is 384 g/mol. The number of ether oxygens (including phenoxy) is 1. The molecule has 4 heterocycles. The smallest absolute Gasteiger partial charge is 0.223 e. The SMILES string of the molecule is CC(C)(C)CC(=O)N1CC[C@@]2(COCc3cnc(NCc4ccco4)nc32)C1. The second-order valence-corrected chi connectivity index (χ2v) is 9.08. The van der Waals surface area contributed by atoms with Crippen LogP contribution in [0.5, 0.6) is 0 Å². The highest BCUT2D eigenvalue weighted by Gasteiger charge is 2.46. The molecule has 28 heavy (non-hydrogen) atoms. The summed E-state index contributed by atoms with van der Waals surface area (Å²) in [6.07, 6.45) is 4.91. The molecule has 2 aromatic rings. The van der Waals surface area contributed by atoms with Gasteiger partial charge >= 0.3 is 0 Å². The average Bonchev–Trinajstić information content (AvgIpc) is 3.30. The van der Waals surface area contributed by atoms with Crippen LogP contribution in [0, 0.1) is 5.41 Å². The summed E-state index contributed by atoms with van der Waals surface area (Å²) in [5, 5.41) is 3.23. The van der Waals surface area contributed by atoms with Gasteiger partial charge < -0.3 is 19.4 Å². The van der Waals surface area contributed by atoms with Gasteiger partial charge in [-0.2, -0.15) is 0 Å². The lowest BCUT2D eigenvalue weighted by molar-refractivity contribution is -0.132. The van der Waals surface area contributed by atoms with Crippen molar-refractivity contribution in [3.8, 4) is 0 Å². The highest BCUT2D eigenvalue weighted by molar-refractivity contribution is 5.77. The minimum absolute atomic E-state index is 0.0150. The first-order chi connectivity index (χ1) is 13.3. The molecular weight excluding hydrogens is 356 g/mol. The van der Waals surface area contributed by atoms with Crippen molar-refractivity contribution in [3.63, 3.8) is 0 Å². The molecule has 7 nitrogen and oxygen atoms in total. The number of hydrogen-bond acceptors (Lipinski definition) is 6. The Kier molecular flexibility index (Phi) is 4.87. The van der Waals surface area contributed by atoms with Crippen molar-refractivity contribution in [2.75, 3.05) is 25.0 Å². The number of rotatable bonds is 4. The van der Waals surface area contributed by atoms with E-state index in [1.807, 2.05) is 23.2 Å². The number of amides is 1. The van der Waals surface area contributed by atoms with E-state index < -0.39 is 0 Å². The van der Waals surface area contributed by atoms with Crippen LogP contribution < -0.4 is 5.32 Å². The zero-order valence-electron chi connectivity index (χ0n) is 16.8. The van der Waals surface area contributed by atoms with Gasteiger partial charge in [-0.1, -0.05) is 20.8 Å². The van der Waals surface area contributed by atoms with E-state index in [0.29, 0.717) is 38.7 Å². The Morgan fingerprint density at radius 2 is 2.25 bits per heavy atom. The van der Waals surface area contributed by atoms with E-state index in [1.165, 1.54) is 0 Å². The van der Waals surface area contributed by atoms with E-state index in [4.69, 9.17) is 14.1 Å². The lowest BCUT2D eigenvalue weighted by atomic mass is 9.80. The molecule has 7 heteroatoms. The molecule has 2 aliphatic rings. The van der Waals surface area contributed by atoms with E-state index in [0.717, 1.165) is 30.0 Å². The number of nitrogens with one attached hydrogen (secondary N) is 1. The molecule has 0 aromatic carbocycles. The zero-order chi connectivity index (χ0) is 19.8. The Hall–Kier alpha value is -2.41. The van der Waals surface area contributed by atoms with Gasteiger partial charge in [-0.05, 0) is 24.0 Å². The fraction of sp³-hybridized carbons (Fsp3) is 0.571. The number of hydrogen-bond donors (Lipinski definition) is 1. The fourth-order valence-electron chi connectivity index (χ4n) is 4.02. The molecular formula is C21H28N4O3. The van der Waals surface area contributed by atoms with Crippen molar-refractivity contribution >= 4 is 11.9 Å². The molecule has 2 aliphatic heterocycles. The first-order valence-corrected chi connectivity index (χ1v) is 9.83. The summed E-state index contributed by atoms with van der Waals surface area (Å²) in [6.45, 7) is 9.34. The Morgan fingerprint density at radius 1 is 1.39 bits per heavy atom. The maximum atomic E-state index is 12.7. The predicted octanol–water partition coefficient (Wildman–Crippen LogP) is 3.12. The third kappa shape index (κ3) is 3.90. The van der Waals surface area contributed by atoms with Crippen LogP contribution in [-0.2, 0) is 28.1 Å². The summed E-state index contributed by atoms with van der Waals surface area (Å²) in [6, 6.07) is 3.77. The van der Waals surface area contributed by atoms with Crippen LogP contribution in [0.15, 0.2) is 29.0 Å². The van der Waals surface area contributed by atoms with E-state index >= 15 is 0 Å². The van der Waals surface area contributed by atoms with E-state index in [-0.39, 0.29) is 16.7 Å². The molecule has 1 saturated heterocycles. The topological polar surface area (TPSA) is 80.5 Å². The molecule has 150 valence electrons. The molecule has 2 aromatic heterocycles. The predicted molar refractivity (Wildman–Crippen MR) is 105 cm³/mol.